The lowest BCUT2D eigenvalue weighted by Gasteiger charge is -2.10. The first kappa shape index (κ1) is 13.5. The number of rotatable bonds is 3. The van der Waals surface area contributed by atoms with Crippen LogP contribution < -0.4 is 0 Å². The summed E-state index contributed by atoms with van der Waals surface area (Å²) in [6.07, 6.45) is -1.71. The summed E-state index contributed by atoms with van der Waals surface area (Å²) < 4.78 is 36.7. The number of hydrogen-bond acceptors (Lipinski definition) is 1. The number of carbonyl (C=O) groups excluding carboxylic acids is 1. The topological polar surface area (TPSA) is 17.1 Å². The zero-order chi connectivity index (χ0) is 13.1. The molecule has 0 aliphatic carbocycles. The number of allylic oxidation sites excluding steroid dienone is 1. The van der Waals surface area contributed by atoms with E-state index < -0.39 is 12.1 Å². The maximum Gasteiger partial charge on any atom is 0.394 e. The van der Waals surface area contributed by atoms with Gasteiger partial charge in [-0.25, -0.2) is 0 Å². The van der Waals surface area contributed by atoms with Gasteiger partial charge < -0.3 is 0 Å². The molecule has 1 aromatic carbocycles. The molecule has 0 saturated heterocycles. The van der Waals surface area contributed by atoms with Crippen LogP contribution in [0.3, 0.4) is 0 Å². The van der Waals surface area contributed by atoms with Crippen molar-refractivity contribution in [1.29, 1.82) is 0 Å². The van der Waals surface area contributed by atoms with Gasteiger partial charge in [-0.15, -0.1) is 0 Å². The highest BCUT2D eigenvalue weighted by atomic mass is 19.4. The quantitative estimate of drug-likeness (QED) is 0.729. The fourth-order valence-electron chi connectivity index (χ4n) is 1.19. The minimum Gasteiger partial charge on any atom is -0.295 e. The molecule has 92 valence electrons. The molecule has 17 heavy (non-hydrogen) atoms. The molecule has 0 bridgehead atoms. The maximum atomic E-state index is 12.2. The average molecular weight is 242 g/mol. The zero-order valence-electron chi connectivity index (χ0n) is 9.58. The molecule has 0 fully saturated rings. The van der Waals surface area contributed by atoms with E-state index in [1.54, 1.807) is 24.3 Å². The largest absolute Gasteiger partial charge is 0.394 e. The van der Waals surface area contributed by atoms with Crippen LogP contribution in [0.5, 0.6) is 0 Å². The van der Waals surface area contributed by atoms with Crippen LogP contribution in [-0.2, 0) is 0 Å². The summed E-state index contributed by atoms with van der Waals surface area (Å²) in [5, 5.41) is 0. The minimum atomic E-state index is -4.21. The number of benzene rings is 1. The lowest BCUT2D eigenvalue weighted by atomic mass is 10.1. The Hall–Kier alpha value is -1.58. The molecule has 0 aromatic heterocycles. The second kappa shape index (κ2) is 5.17. The predicted octanol–water partition coefficient (Wildman–Crippen LogP) is 4.10. The molecule has 0 spiro atoms. The van der Waals surface area contributed by atoms with Crippen molar-refractivity contribution in [2.75, 3.05) is 0 Å². The molecule has 4 heteroatoms. The lowest BCUT2D eigenvalue weighted by Crippen LogP contribution is -2.17. The summed E-state index contributed by atoms with van der Waals surface area (Å²) in [5.74, 6) is -1.54. The third-order valence-electron chi connectivity index (χ3n) is 2.41. The van der Waals surface area contributed by atoms with E-state index in [2.05, 4.69) is 0 Å². The third kappa shape index (κ3) is 4.06. The van der Waals surface area contributed by atoms with Gasteiger partial charge in [0.15, 0.2) is 5.78 Å². The number of carbonyl (C=O) groups is 1. The predicted molar refractivity (Wildman–Crippen MR) is 60.7 cm³/mol. The Balaban J connectivity index is 2.76. The van der Waals surface area contributed by atoms with Gasteiger partial charge >= 0.3 is 6.18 Å². The van der Waals surface area contributed by atoms with Crippen molar-refractivity contribution in [1.82, 2.24) is 0 Å². The monoisotopic (exact) mass is 242 g/mol. The second-order valence-corrected chi connectivity index (χ2v) is 3.87. The molecule has 0 unspecified atom stereocenters. The third-order valence-corrected chi connectivity index (χ3v) is 2.41. The molecule has 0 heterocycles. The second-order valence-electron chi connectivity index (χ2n) is 3.87. The first-order valence-electron chi connectivity index (χ1n) is 5.16. The number of halogens is 3. The summed E-state index contributed by atoms with van der Waals surface area (Å²) in [6.45, 7) is 2.54. The van der Waals surface area contributed by atoms with Gasteiger partial charge in [0.25, 0.3) is 0 Å². The van der Waals surface area contributed by atoms with Crippen LogP contribution in [0.1, 0.15) is 29.8 Å². The van der Waals surface area contributed by atoms with Crippen LogP contribution in [0.4, 0.5) is 13.2 Å². The highest BCUT2D eigenvalue weighted by Crippen LogP contribution is 2.27. The molecule has 0 saturated carbocycles. The molecule has 1 aromatic rings. The highest BCUT2D eigenvalue weighted by Gasteiger charge is 2.33. The summed E-state index contributed by atoms with van der Waals surface area (Å²) in [5.41, 5.74) is 1.19. The van der Waals surface area contributed by atoms with Crippen LogP contribution >= 0.6 is 0 Å². The van der Waals surface area contributed by atoms with Crippen molar-refractivity contribution >= 4 is 11.9 Å². The van der Waals surface area contributed by atoms with Crippen molar-refractivity contribution in [3.8, 4) is 0 Å². The van der Waals surface area contributed by atoms with Crippen LogP contribution in [0.25, 0.3) is 6.08 Å². The Labute approximate surface area is 98.0 Å². The van der Waals surface area contributed by atoms with Crippen molar-refractivity contribution in [3.05, 3.63) is 41.5 Å². The van der Waals surface area contributed by atoms with Gasteiger partial charge in [0.2, 0.25) is 0 Å². The van der Waals surface area contributed by atoms with Crippen LogP contribution in [0.15, 0.2) is 30.3 Å². The number of Topliss-reactive ketones (excluding diaryl/α,β-unsaturated/α-hetero) is 1. The SMILES string of the molecule is CC(=O)c1ccc(/C=C/[C@H](C)C(F)(F)F)cc1. The number of ketones is 1. The fourth-order valence-corrected chi connectivity index (χ4v) is 1.19. The average Bonchev–Trinajstić information content (AvgIpc) is 2.25. The Bertz CT molecular complexity index is 415. The Morgan fingerprint density at radius 1 is 1.24 bits per heavy atom. The molecular weight excluding hydrogens is 229 g/mol. The summed E-state index contributed by atoms with van der Waals surface area (Å²) in [6, 6.07) is 6.44. The van der Waals surface area contributed by atoms with E-state index in [1.807, 2.05) is 0 Å². The molecule has 1 rings (SSSR count). The molecule has 1 atom stereocenters. The minimum absolute atomic E-state index is 0.0656. The molecule has 0 aliphatic rings. The molecule has 0 radical (unpaired) electrons. The van der Waals surface area contributed by atoms with Gasteiger partial charge in [0.05, 0.1) is 5.92 Å². The van der Waals surface area contributed by atoms with Crippen molar-refractivity contribution in [2.45, 2.75) is 20.0 Å². The van der Waals surface area contributed by atoms with Crippen molar-refractivity contribution < 1.29 is 18.0 Å². The Morgan fingerprint density at radius 2 is 1.76 bits per heavy atom. The van der Waals surface area contributed by atoms with E-state index in [-0.39, 0.29) is 5.78 Å². The van der Waals surface area contributed by atoms with Gasteiger partial charge in [-0.1, -0.05) is 43.3 Å². The van der Waals surface area contributed by atoms with Gasteiger partial charge in [-0.3, -0.25) is 4.79 Å². The fraction of sp³-hybridized carbons (Fsp3) is 0.308. The first-order chi connectivity index (χ1) is 7.80. The zero-order valence-corrected chi connectivity index (χ0v) is 9.58. The molecule has 0 amide bonds. The van der Waals surface area contributed by atoms with E-state index in [0.29, 0.717) is 11.1 Å². The van der Waals surface area contributed by atoms with Gasteiger partial charge in [0, 0.05) is 5.56 Å². The smallest absolute Gasteiger partial charge is 0.295 e. The van der Waals surface area contributed by atoms with Gasteiger partial charge in [-0.2, -0.15) is 13.2 Å². The Morgan fingerprint density at radius 3 is 2.18 bits per heavy atom. The van der Waals surface area contributed by atoms with Crippen LogP contribution in [0.2, 0.25) is 0 Å². The van der Waals surface area contributed by atoms with Crippen molar-refractivity contribution in [3.63, 3.8) is 0 Å². The van der Waals surface area contributed by atoms with E-state index in [9.17, 15) is 18.0 Å². The van der Waals surface area contributed by atoms with E-state index in [1.165, 1.54) is 13.0 Å². The highest BCUT2D eigenvalue weighted by molar-refractivity contribution is 5.94. The molecule has 0 aliphatic heterocycles. The van der Waals surface area contributed by atoms with Crippen LogP contribution in [0, 0.1) is 5.92 Å². The van der Waals surface area contributed by atoms with E-state index in [4.69, 9.17) is 0 Å². The molecule has 0 N–H and O–H groups in total. The van der Waals surface area contributed by atoms with E-state index in [0.717, 1.165) is 13.0 Å². The normalized spacial score (nSPS) is 13.9. The van der Waals surface area contributed by atoms with Crippen LogP contribution in [-0.4, -0.2) is 12.0 Å². The first-order valence-corrected chi connectivity index (χ1v) is 5.16. The van der Waals surface area contributed by atoms with Gasteiger partial charge in [-0.05, 0) is 12.5 Å². The number of hydrogen-bond donors (Lipinski definition) is 0. The van der Waals surface area contributed by atoms with Crippen molar-refractivity contribution in [2.24, 2.45) is 5.92 Å². The molecule has 1 nitrogen and oxygen atoms in total. The molecular formula is C13H13F3O. The summed E-state index contributed by atoms with van der Waals surface area (Å²) in [7, 11) is 0. The lowest BCUT2D eigenvalue weighted by molar-refractivity contribution is -0.156. The van der Waals surface area contributed by atoms with Gasteiger partial charge in [0.1, 0.15) is 0 Å². The maximum absolute atomic E-state index is 12.2. The summed E-state index contributed by atoms with van der Waals surface area (Å²) in [4.78, 5) is 11.0. The standard InChI is InChI=1S/C13H13F3O/c1-9(13(14,15)16)3-4-11-5-7-12(8-6-11)10(2)17/h3-9H,1-2H3/b4-3+/t9-/m0/s1. The van der Waals surface area contributed by atoms with E-state index >= 15 is 0 Å². The summed E-state index contributed by atoms with van der Waals surface area (Å²) >= 11 is 0. The Kier molecular flexibility index (Phi) is 4.10. The number of alkyl halides is 3.